The first-order chi connectivity index (χ1) is 7.39. The van der Waals surface area contributed by atoms with E-state index in [0.29, 0.717) is 17.7 Å². The van der Waals surface area contributed by atoms with Gasteiger partial charge in [0.05, 0.1) is 5.02 Å². The van der Waals surface area contributed by atoms with E-state index in [-0.39, 0.29) is 17.4 Å². The molecule has 0 spiro atoms. The van der Waals surface area contributed by atoms with E-state index >= 15 is 0 Å². The highest BCUT2D eigenvalue weighted by Crippen LogP contribution is 2.34. The molecule has 1 aromatic rings. The van der Waals surface area contributed by atoms with E-state index in [1.165, 1.54) is 6.07 Å². The number of amides is 1. The summed E-state index contributed by atoms with van der Waals surface area (Å²) in [6.45, 7) is 0. The van der Waals surface area contributed by atoms with Crippen molar-refractivity contribution < 1.29 is 17.1 Å². The summed E-state index contributed by atoms with van der Waals surface area (Å²) in [5.41, 5.74) is 0.897. The minimum Gasteiger partial charge on any atom is -0.326 e. The lowest BCUT2D eigenvalue weighted by Gasteiger charge is -2.18. The van der Waals surface area contributed by atoms with E-state index in [0.717, 1.165) is 6.07 Å². The summed E-state index contributed by atoms with van der Waals surface area (Å²) in [6.07, 6.45) is 0.520. The van der Waals surface area contributed by atoms with Crippen LogP contribution in [0, 0.1) is 0 Å². The summed E-state index contributed by atoms with van der Waals surface area (Å²) in [4.78, 5) is 10.5. The molecule has 0 radical (unpaired) electrons. The second kappa shape index (κ2) is 3.71. The molecular formula is C9H7ClFNO3S. The quantitative estimate of drug-likeness (QED) is 0.787. The van der Waals surface area contributed by atoms with Crippen molar-refractivity contribution in [3.8, 4) is 0 Å². The fraction of sp³-hybridized carbons (Fsp3) is 0.222. The predicted octanol–water partition coefficient (Wildman–Crippen LogP) is 1.88. The van der Waals surface area contributed by atoms with Gasteiger partial charge in [0.1, 0.15) is 4.90 Å². The largest absolute Gasteiger partial charge is 0.333 e. The Bertz CT molecular complexity index is 570. The van der Waals surface area contributed by atoms with Crippen molar-refractivity contribution in [2.24, 2.45) is 0 Å². The first kappa shape index (κ1) is 11.3. The zero-order valence-electron chi connectivity index (χ0n) is 7.96. The van der Waals surface area contributed by atoms with Crippen LogP contribution in [0.15, 0.2) is 17.0 Å². The van der Waals surface area contributed by atoms with Crippen molar-refractivity contribution in [1.29, 1.82) is 0 Å². The Kier molecular flexibility index (Phi) is 2.63. The van der Waals surface area contributed by atoms with E-state index in [2.05, 4.69) is 5.32 Å². The van der Waals surface area contributed by atoms with Crippen molar-refractivity contribution in [2.75, 3.05) is 5.32 Å². The monoisotopic (exact) mass is 263 g/mol. The number of hydrogen-bond donors (Lipinski definition) is 1. The number of anilines is 1. The Morgan fingerprint density at radius 2 is 2.00 bits per heavy atom. The zero-order chi connectivity index (χ0) is 11.9. The molecule has 1 heterocycles. The maximum absolute atomic E-state index is 12.8. The molecule has 2 rings (SSSR count). The van der Waals surface area contributed by atoms with Crippen LogP contribution in [0.25, 0.3) is 0 Å². The molecule has 7 heteroatoms. The highest BCUT2D eigenvalue weighted by molar-refractivity contribution is 7.86. The molecule has 1 aliphatic rings. The predicted molar refractivity (Wildman–Crippen MR) is 56.7 cm³/mol. The van der Waals surface area contributed by atoms with Crippen LogP contribution < -0.4 is 5.32 Å². The number of benzene rings is 1. The highest BCUT2D eigenvalue weighted by Gasteiger charge is 2.24. The number of carbonyl (C=O) groups is 1. The van der Waals surface area contributed by atoms with Crippen molar-refractivity contribution >= 4 is 33.4 Å². The molecule has 4 nitrogen and oxygen atoms in total. The van der Waals surface area contributed by atoms with Gasteiger partial charge in [-0.1, -0.05) is 11.6 Å². The second-order valence-corrected chi connectivity index (χ2v) is 5.08. The van der Waals surface area contributed by atoms with Gasteiger partial charge in [-0.3, -0.25) is 4.79 Å². The third-order valence-electron chi connectivity index (χ3n) is 2.35. The maximum Gasteiger partial charge on any atom is 0.333 e. The smallest absolute Gasteiger partial charge is 0.326 e. The summed E-state index contributed by atoms with van der Waals surface area (Å²) in [5.74, 6) is -0.167. The van der Waals surface area contributed by atoms with E-state index in [1.807, 2.05) is 0 Å². The molecule has 0 fully saturated rings. The number of fused-ring (bicyclic) bond motifs is 1. The number of rotatable bonds is 1. The van der Waals surface area contributed by atoms with Crippen molar-refractivity contribution in [1.82, 2.24) is 0 Å². The van der Waals surface area contributed by atoms with Gasteiger partial charge in [0.25, 0.3) is 0 Å². The summed E-state index contributed by atoms with van der Waals surface area (Å²) < 4.78 is 34.4. The fourth-order valence-electron chi connectivity index (χ4n) is 1.60. The number of halogens is 2. The standard InChI is InChI=1S/C9H7ClFNO3S/c10-9-5-1-4-8(13)12-6(5)2-3-7(9)16(11,14)15/h2-3H,1,4H2,(H,12,13). The van der Waals surface area contributed by atoms with Gasteiger partial charge < -0.3 is 5.32 Å². The Hall–Kier alpha value is -1.14. The average molecular weight is 264 g/mol. The van der Waals surface area contributed by atoms with Crippen molar-refractivity contribution in [3.05, 3.63) is 22.7 Å². The Balaban J connectivity index is 2.61. The first-order valence-electron chi connectivity index (χ1n) is 4.45. The topological polar surface area (TPSA) is 63.2 Å². The Labute approximate surface area is 96.6 Å². The molecule has 1 amide bonds. The lowest BCUT2D eigenvalue weighted by Crippen LogP contribution is -2.19. The minimum atomic E-state index is -4.83. The number of hydrogen-bond acceptors (Lipinski definition) is 3. The third-order valence-corrected chi connectivity index (χ3v) is 3.76. The Morgan fingerprint density at radius 3 is 2.62 bits per heavy atom. The van der Waals surface area contributed by atoms with E-state index in [1.54, 1.807) is 0 Å². The number of carbonyl (C=O) groups excluding carboxylic acids is 1. The molecule has 1 N–H and O–H groups in total. The molecule has 1 aromatic carbocycles. The van der Waals surface area contributed by atoms with Crippen LogP contribution in [-0.4, -0.2) is 14.3 Å². The van der Waals surface area contributed by atoms with Crippen LogP contribution in [-0.2, 0) is 21.4 Å². The summed E-state index contributed by atoms with van der Waals surface area (Å²) in [7, 11) is -4.83. The van der Waals surface area contributed by atoms with Gasteiger partial charge in [-0.15, -0.1) is 3.89 Å². The molecular weight excluding hydrogens is 257 g/mol. The molecule has 16 heavy (non-hydrogen) atoms. The first-order valence-corrected chi connectivity index (χ1v) is 6.21. The van der Waals surface area contributed by atoms with Crippen LogP contribution in [0.5, 0.6) is 0 Å². The van der Waals surface area contributed by atoms with E-state index < -0.39 is 15.1 Å². The summed E-state index contributed by atoms with van der Waals surface area (Å²) in [6, 6.07) is 2.38. The fourth-order valence-corrected chi connectivity index (χ4v) is 2.70. The van der Waals surface area contributed by atoms with Gasteiger partial charge in [-0.2, -0.15) is 8.42 Å². The SMILES string of the molecule is O=C1CCc2c(ccc(S(=O)(=O)F)c2Cl)N1. The van der Waals surface area contributed by atoms with Crippen molar-refractivity contribution in [3.63, 3.8) is 0 Å². The minimum absolute atomic E-state index is 0.153. The third kappa shape index (κ3) is 1.90. The van der Waals surface area contributed by atoms with Crippen molar-refractivity contribution in [2.45, 2.75) is 17.7 Å². The van der Waals surface area contributed by atoms with Crippen LogP contribution in [0.4, 0.5) is 9.57 Å². The normalized spacial score (nSPS) is 15.5. The molecule has 0 saturated carbocycles. The molecule has 0 atom stereocenters. The lowest BCUT2D eigenvalue weighted by molar-refractivity contribution is -0.116. The zero-order valence-corrected chi connectivity index (χ0v) is 9.53. The van der Waals surface area contributed by atoms with E-state index in [9.17, 15) is 17.1 Å². The van der Waals surface area contributed by atoms with Crippen LogP contribution >= 0.6 is 11.6 Å². The molecule has 0 bridgehead atoms. The average Bonchev–Trinajstić information content (AvgIpc) is 2.15. The van der Waals surface area contributed by atoms with Crippen LogP contribution in [0.3, 0.4) is 0 Å². The lowest BCUT2D eigenvalue weighted by atomic mass is 10.0. The molecule has 0 unspecified atom stereocenters. The molecule has 0 aromatic heterocycles. The van der Waals surface area contributed by atoms with Gasteiger partial charge in [0.2, 0.25) is 5.91 Å². The summed E-state index contributed by atoms with van der Waals surface area (Å²) >= 11 is 5.79. The molecule has 1 aliphatic heterocycles. The highest BCUT2D eigenvalue weighted by atomic mass is 35.5. The molecule has 0 aliphatic carbocycles. The van der Waals surface area contributed by atoms with Gasteiger partial charge in [0, 0.05) is 12.1 Å². The second-order valence-electron chi connectivity index (χ2n) is 3.39. The van der Waals surface area contributed by atoms with Gasteiger partial charge in [-0.05, 0) is 24.1 Å². The molecule has 0 saturated heterocycles. The summed E-state index contributed by atoms with van der Waals surface area (Å²) in [5, 5.41) is 2.39. The maximum atomic E-state index is 12.8. The van der Waals surface area contributed by atoms with Crippen LogP contribution in [0.2, 0.25) is 5.02 Å². The number of nitrogens with one attached hydrogen (secondary N) is 1. The van der Waals surface area contributed by atoms with Crippen LogP contribution in [0.1, 0.15) is 12.0 Å². The Morgan fingerprint density at radius 1 is 1.31 bits per heavy atom. The van der Waals surface area contributed by atoms with Gasteiger partial charge in [0.15, 0.2) is 0 Å². The molecule has 86 valence electrons. The van der Waals surface area contributed by atoms with E-state index in [4.69, 9.17) is 11.6 Å². The van der Waals surface area contributed by atoms with Gasteiger partial charge >= 0.3 is 10.2 Å². The van der Waals surface area contributed by atoms with Gasteiger partial charge in [-0.25, -0.2) is 0 Å².